The molecule has 11 heavy (non-hydrogen) atoms. The van der Waals surface area contributed by atoms with Gasteiger partial charge in [-0.1, -0.05) is 0 Å². The molecule has 0 aliphatic heterocycles. The number of aryl methyl sites for hydroxylation is 1. The quantitative estimate of drug-likeness (QED) is 0.255. The highest BCUT2D eigenvalue weighted by Crippen LogP contribution is 1.99. The predicted molar refractivity (Wildman–Crippen MR) is 43.9 cm³/mol. The van der Waals surface area contributed by atoms with Crippen molar-refractivity contribution < 1.29 is 0 Å². The molecule has 0 aliphatic carbocycles. The number of hydrogen-bond acceptors (Lipinski definition) is 3. The van der Waals surface area contributed by atoms with Gasteiger partial charge in [-0.2, -0.15) is 5.10 Å². The number of nitrogens with zero attached hydrogens (tertiary/aromatic N) is 2. The lowest BCUT2D eigenvalue weighted by atomic mass is 10.2. The summed E-state index contributed by atoms with van der Waals surface area (Å²) in [7, 11) is 0. The number of pyridine rings is 1. The zero-order valence-corrected chi connectivity index (χ0v) is 6.28. The number of hydrogen-bond donors (Lipinski definition) is 2. The highest BCUT2D eigenvalue weighted by Gasteiger charge is 1.96. The molecule has 0 aromatic carbocycles. The number of nitrogens with two attached hydrogens (primary N) is 2. The van der Waals surface area contributed by atoms with E-state index >= 15 is 0 Å². The standard InChI is InChI=1S/C7H10N4/c1-5-2-6(4-10-3-5)7(8)11-9/h2-4H,9H2,1H3,(H2,8,11). The summed E-state index contributed by atoms with van der Waals surface area (Å²) in [5.41, 5.74) is 7.24. The van der Waals surface area contributed by atoms with Crippen molar-refractivity contribution in [1.82, 2.24) is 4.98 Å². The molecule has 0 spiro atoms. The summed E-state index contributed by atoms with van der Waals surface area (Å²) in [4.78, 5) is 3.94. The minimum atomic E-state index is 0.307. The Balaban J connectivity index is 3.06. The van der Waals surface area contributed by atoms with Crippen LogP contribution in [0, 0.1) is 6.92 Å². The van der Waals surface area contributed by atoms with Crippen LogP contribution >= 0.6 is 0 Å². The van der Waals surface area contributed by atoms with E-state index in [0.717, 1.165) is 11.1 Å². The maximum Gasteiger partial charge on any atom is 0.151 e. The van der Waals surface area contributed by atoms with Gasteiger partial charge >= 0.3 is 0 Å². The Morgan fingerprint density at radius 2 is 2.27 bits per heavy atom. The van der Waals surface area contributed by atoms with E-state index in [1.165, 1.54) is 0 Å². The fourth-order valence-corrected chi connectivity index (χ4v) is 0.770. The highest BCUT2D eigenvalue weighted by molar-refractivity contribution is 5.97. The first kappa shape index (κ1) is 7.53. The fourth-order valence-electron chi connectivity index (χ4n) is 0.770. The van der Waals surface area contributed by atoms with E-state index < -0.39 is 0 Å². The number of amidine groups is 1. The Bertz CT molecular complexity index is 280. The van der Waals surface area contributed by atoms with Crippen LogP contribution in [0.25, 0.3) is 0 Å². The summed E-state index contributed by atoms with van der Waals surface area (Å²) in [6, 6.07) is 1.87. The minimum absolute atomic E-state index is 0.307. The minimum Gasteiger partial charge on any atom is -0.382 e. The molecule has 1 heterocycles. The molecule has 0 saturated heterocycles. The van der Waals surface area contributed by atoms with Gasteiger partial charge in [0.1, 0.15) is 0 Å². The van der Waals surface area contributed by atoms with Gasteiger partial charge in [-0.15, -0.1) is 0 Å². The van der Waals surface area contributed by atoms with Crippen molar-refractivity contribution in [1.29, 1.82) is 0 Å². The highest BCUT2D eigenvalue weighted by atomic mass is 15.2. The second-order valence-electron chi connectivity index (χ2n) is 2.27. The third-order valence-corrected chi connectivity index (χ3v) is 1.31. The Kier molecular flexibility index (Phi) is 2.06. The van der Waals surface area contributed by atoms with E-state index in [1.807, 2.05) is 13.0 Å². The van der Waals surface area contributed by atoms with Crippen molar-refractivity contribution in [3.05, 3.63) is 29.6 Å². The summed E-state index contributed by atoms with van der Waals surface area (Å²) in [5.74, 6) is 5.30. The summed E-state index contributed by atoms with van der Waals surface area (Å²) >= 11 is 0. The van der Waals surface area contributed by atoms with E-state index in [0.29, 0.717) is 5.84 Å². The molecule has 4 nitrogen and oxygen atoms in total. The van der Waals surface area contributed by atoms with Crippen molar-refractivity contribution in [2.24, 2.45) is 16.7 Å². The van der Waals surface area contributed by atoms with Crippen LogP contribution < -0.4 is 11.6 Å². The number of hydrazone groups is 1. The molecule has 58 valence electrons. The summed E-state index contributed by atoms with van der Waals surface area (Å²) in [6.45, 7) is 1.93. The van der Waals surface area contributed by atoms with Gasteiger partial charge in [0.25, 0.3) is 0 Å². The summed E-state index contributed by atoms with van der Waals surface area (Å²) in [5, 5.41) is 3.35. The van der Waals surface area contributed by atoms with Gasteiger partial charge in [0.15, 0.2) is 5.84 Å². The summed E-state index contributed by atoms with van der Waals surface area (Å²) in [6.07, 6.45) is 3.37. The molecule has 1 rings (SSSR count). The number of aromatic nitrogens is 1. The second-order valence-corrected chi connectivity index (χ2v) is 2.27. The molecule has 0 aliphatic rings. The van der Waals surface area contributed by atoms with Crippen LogP contribution in [-0.2, 0) is 0 Å². The van der Waals surface area contributed by atoms with Crippen LogP contribution in [0.2, 0.25) is 0 Å². The largest absolute Gasteiger partial charge is 0.382 e. The Labute approximate surface area is 64.9 Å². The molecule has 0 amide bonds. The zero-order valence-electron chi connectivity index (χ0n) is 6.28. The van der Waals surface area contributed by atoms with Crippen LogP contribution in [-0.4, -0.2) is 10.8 Å². The third kappa shape index (κ3) is 1.67. The average Bonchev–Trinajstić information content (AvgIpc) is 2.03. The van der Waals surface area contributed by atoms with Crippen LogP contribution in [0.15, 0.2) is 23.6 Å². The van der Waals surface area contributed by atoms with E-state index in [1.54, 1.807) is 12.4 Å². The first-order valence-electron chi connectivity index (χ1n) is 3.19. The molecule has 0 fully saturated rings. The lowest BCUT2D eigenvalue weighted by molar-refractivity contribution is 1.20. The van der Waals surface area contributed by atoms with Crippen LogP contribution in [0.4, 0.5) is 0 Å². The van der Waals surface area contributed by atoms with Crippen molar-refractivity contribution in [3.8, 4) is 0 Å². The molecule has 0 radical (unpaired) electrons. The molecule has 1 aromatic heterocycles. The molecule has 0 atom stereocenters. The maximum absolute atomic E-state index is 5.45. The van der Waals surface area contributed by atoms with E-state index in [4.69, 9.17) is 11.6 Å². The third-order valence-electron chi connectivity index (χ3n) is 1.31. The van der Waals surface area contributed by atoms with Crippen molar-refractivity contribution in [3.63, 3.8) is 0 Å². The van der Waals surface area contributed by atoms with Crippen LogP contribution in [0.3, 0.4) is 0 Å². The topological polar surface area (TPSA) is 77.3 Å². The molecular weight excluding hydrogens is 140 g/mol. The van der Waals surface area contributed by atoms with Gasteiger partial charge in [-0.3, -0.25) is 4.98 Å². The monoisotopic (exact) mass is 150 g/mol. The van der Waals surface area contributed by atoms with Gasteiger partial charge in [0.2, 0.25) is 0 Å². The Hall–Kier alpha value is -1.58. The molecule has 0 bridgehead atoms. The molecule has 0 saturated carbocycles. The Morgan fingerprint density at radius 3 is 2.82 bits per heavy atom. The SMILES string of the molecule is Cc1cncc(/C(N)=N/N)c1. The van der Waals surface area contributed by atoms with Crippen LogP contribution in [0.5, 0.6) is 0 Å². The smallest absolute Gasteiger partial charge is 0.151 e. The van der Waals surface area contributed by atoms with Crippen molar-refractivity contribution >= 4 is 5.84 Å². The fraction of sp³-hybridized carbons (Fsp3) is 0.143. The molecule has 0 unspecified atom stereocenters. The first-order valence-corrected chi connectivity index (χ1v) is 3.19. The van der Waals surface area contributed by atoms with E-state index in [2.05, 4.69) is 10.1 Å². The van der Waals surface area contributed by atoms with Gasteiger partial charge < -0.3 is 11.6 Å². The van der Waals surface area contributed by atoms with Gasteiger partial charge in [0, 0.05) is 18.0 Å². The van der Waals surface area contributed by atoms with Gasteiger partial charge in [-0.05, 0) is 18.6 Å². The predicted octanol–water partition coefficient (Wildman–Crippen LogP) is -0.0310. The maximum atomic E-state index is 5.45. The zero-order chi connectivity index (χ0) is 8.27. The lowest BCUT2D eigenvalue weighted by Crippen LogP contribution is -2.15. The first-order chi connectivity index (χ1) is 5.24. The molecule has 1 aromatic rings. The second kappa shape index (κ2) is 3.01. The number of rotatable bonds is 1. The van der Waals surface area contributed by atoms with Crippen molar-refractivity contribution in [2.45, 2.75) is 6.92 Å². The normalized spacial score (nSPS) is 11.5. The Morgan fingerprint density at radius 1 is 1.55 bits per heavy atom. The van der Waals surface area contributed by atoms with Gasteiger partial charge in [-0.25, -0.2) is 0 Å². The molecule has 4 N–H and O–H groups in total. The van der Waals surface area contributed by atoms with E-state index in [9.17, 15) is 0 Å². The summed E-state index contributed by atoms with van der Waals surface area (Å²) < 4.78 is 0. The van der Waals surface area contributed by atoms with Gasteiger partial charge in [0.05, 0.1) is 0 Å². The van der Waals surface area contributed by atoms with E-state index in [-0.39, 0.29) is 0 Å². The lowest BCUT2D eigenvalue weighted by Gasteiger charge is -1.98. The molecule has 4 heteroatoms. The van der Waals surface area contributed by atoms with Crippen LogP contribution in [0.1, 0.15) is 11.1 Å². The van der Waals surface area contributed by atoms with Crippen molar-refractivity contribution in [2.75, 3.05) is 0 Å². The average molecular weight is 150 g/mol. The molecular formula is C7H10N4.